The zero-order valence-corrected chi connectivity index (χ0v) is 24.1. The van der Waals surface area contributed by atoms with Crippen molar-refractivity contribution in [1.29, 1.82) is 0 Å². The maximum atomic E-state index is 13.7. The molecule has 4 aromatic rings. The Morgan fingerprint density at radius 2 is 1.82 bits per heavy atom. The maximum absolute atomic E-state index is 13.7. The van der Waals surface area contributed by atoms with E-state index in [4.69, 9.17) is 23.2 Å². The fourth-order valence-corrected chi connectivity index (χ4v) is 4.31. The van der Waals surface area contributed by atoms with E-state index in [1.54, 1.807) is 43.6 Å². The van der Waals surface area contributed by atoms with E-state index in [0.717, 1.165) is 5.69 Å². The van der Waals surface area contributed by atoms with E-state index in [-0.39, 0.29) is 35.4 Å². The van der Waals surface area contributed by atoms with Crippen LogP contribution in [-0.2, 0) is 6.54 Å². The number of nitrogens with zero attached hydrogens (tertiary/aromatic N) is 6. The highest BCUT2D eigenvalue weighted by Gasteiger charge is 2.24. The van der Waals surface area contributed by atoms with Gasteiger partial charge in [0.2, 0.25) is 0 Å². The summed E-state index contributed by atoms with van der Waals surface area (Å²) in [6.07, 6.45) is 3.27. The number of amides is 2. The van der Waals surface area contributed by atoms with Gasteiger partial charge in [0, 0.05) is 16.8 Å². The second kappa shape index (κ2) is 11.2. The zero-order valence-electron chi connectivity index (χ0n) is 22.6. The summed E-state index contributed by atoms with van der Waals surface area (Å²) in [5.41, 5.74) is 2.24. The lowest BCUT2D eigenvalue weighted by atomic mass is 10.0. The molecule has 0 saturated carbocycles. The number of carbonyl (C=O) groups is 2. The molecule has 204 valence electrons. The number of anilines is 1. The molecule has 0 bridgehead atoms. The number of benzene rings is 1. The summed E-state index contributed by atoms with van der Waals surface area (Å²) in [5, 5.41) is 19.9. The van der Waals surface area contributed by atoms with Crippen molar-refractivity contribution in [3.05, 3.63) is 81.0 Å². The Morgan fingerprint density at radius 1 is 1.08 bits per heavy atom. The van der Waals surface area contributed by atoms with E-state index in [9.17, 15) is 9.59 Å². The molecule has 3 aromatic heterocycles. The molecule has 1 aromatic carbocycles. The third kappa shape index (κ3) is 6.63. The fourth-order valence-electron chi connectivity index (χ4n) is 3.83. The average molecular weight is 569 g/mol. The number of pyridine rings is 1. The first-order valence-electron chi connectivity index (χ1n) is 12.4. The molecule has 3 heterocycles. The molecule has 0 atom stereocenters. The Balaban J connectivity index is 1.74. The molecule has 12 heteroatoms. The van der Waals surface area contributed by atoms with Gasteiger partial charge in [-0.15, -0.1) is 0 Å². The summed E-state index contributed by atoms with van der Waals surface area (Å²) in [7, 11) is 0. The van der Waals surface area contributed by atoms with Crippen molar-refractivity contribution in [1.82, 2.24) is 35.1 Å². The minimum Gasteiger partial charge on any atom is -0.347 e. The van der Waals surface area contributed by atoms with Crippen molar-refractivity contribution >= 4 is 40.7 Å². The second-order valence-corrected chi connectivity index (χ2v) is 11.3. The van der Waals surface area contributed by atoms with Crippen LogP contribution in [-0.4, -0.2) is 47.1 Å². The number of aromatic nitrogens is 6. The lowest BCUT2D eigenvalue weighted by Gasteiger charge is -2.22. The van der Waals surface area contributed by atoms with Gasteiger partial charge in [-0.2, -0.15) is 20.1 Å². The lowest BCUT2D eigenvalue weighted by Crippen LogP contribution is -2.41. The minimum atomic E-state index is -0.512. The molecule has 0 unspecified atom stereocenters. The van der Waals surface area contributed by atoms with Gasteiger partial charge in [0.1, 0.15) is 12.2 Å². The molecule has 39 heavy (non-hydrogen) atoms. The largest absolute Gasteiger partial charge is 0.347 e. The molecule has 4 rings (SSSR count). The third-order valence-electron chi connectivity index (χ3n) is 5.65. The summed E-state index contributed by atoms with van der Waals surface area (Å²) in [4.78, 5) is 32.7. The Labute approximate surface area is 236 Å². The van der Waals surface area contributed by atoms with Gasteiger partial charge in [0.05, 0.1) is 33.9 Å². The average Bonchev–Trinajstić information content (AvgIpc) is 3.47. The molecule has 0 aliphatic heterocycles. The van der Waals surface area contributed by atoms with Crippen molar-refractivity contribution in [3.8, 4) is 5.82 Å². The number of hydrogen-bond donors (Lipinski definition) is 2. The molecule has 2 amide bonds. The minimum absolute atomic E-state index is 0.165. The number of rotatable bonds is 7. The van der Waals surface area contributed by atoms with Crippen LogP contribution in [0.15, 0.2) is 42.7 Å². The van der Waals surface area contributed by atoms with Crippen molar-refractivity contribution in [2.24, 2.45) is 0 Å². The molecular formula is C27H30Cl2N8O2. The van der Waals surface area contributed by atoms with E-state index < -0.39 is 11.4 Å². The molecule has 0 saturated heterocycles. The highest BCUT2D eigenvalue weighted by molar-refractivity contribution is 6.32. The van der Waals surface area contributed by atoms with Gasteiger partial charge in [-0.05, 0) is 69.5 Å². The highest BCUT2D eigenvalue weighted by Crippen LogP contribution is 2.28. The highest BCUT2D eigenvalue weighted by atomic mass is 35.5. The van der Waals surface area contributed by atoms with E-state index >= 15 is 0 Å². The first-order valence-corrected chi connectivity index (χ1v) is 13.1. The van der Waals surface area contributed by atoms with Crippen LogP contribution >= 0.6 is 23.2 Å². The van der Waals surface area contributed by atoms with Crippen molar-refractivity contribution in [2.75, 3.05) is 5.32 Å². The molecule has 0 aliphatic rings. The van der Waals surface area contributed by atoms with E-state index in [2.05, 4.69) is 30.9 Å². The summed E-state index contributed by atoms with van der Waals surface area (Å²) >= 11 is 12.7. The van der Waals surface area contributed by atoms with E-state index in [1.165, 1.54) is 15.5 Å². The summed E-state index contributed by atoms with van der Waals surface area (Å²) in [5.74, 6) is -0.374. The van der Waals surface area contributed by atoms with Crippen LogP contribution in [0.3, 0.4) is 0 Å². The van der Waals surface area contributed by atoms with Gasteiger partial charge >= 0.3 is 0 Å². The maximum Gasteiger partial charge on any atom is 0.274 e. The van der Waals surface area contributed by atoms with Gasteiger partial charge < -0.3 is 10.6 Å². The molecule has 10 nitrogen and oxygen atoms in total. The van der Waals surface area contributed by atoms with Crippen LogP contribution < -0.4 is 10.6 Å². The predicted molar refractivity (Wildman–Crippen MR) is 151 cm³/mol. The van der Waals surface area contributed by atoms with Crippen LogP contribution in [0.2, 0.25) is 10.0 Å². The number of aryl methyl sites for hydroxylation is 1. The van der Waals surface area contributed by atoms with Crippen LogP contribution in [0.25, 0.3) is 5.82 Å². The van der Waals surface area contributed by atoms with Gasteiger partial charge in [-0.3, -0.25) is 9.59 Å². The Bertz CT molecular complexity index is 1540. The smallest absolute Gasteiger partial charge is 0.274 e. The van der Waals surface area contributed by atoms with Gasteiger partial charge in [0.15, 0.2) is 5.82 Å². The first kappa shape index (κ1) is 28.3. The molecule has 0 fully saturated rings. The molecule has 2 N–H and O–H groups in total. The van der Waals surface area contributed by atoms with Crippen LogP contribution in [0, 0.1) is 6.92 Å². The van der Waals surface area contributed by atoms with Crippen molar-refractivity contribution in [2.45, 2.75) is 59.5 Å². The standard InChI is InChI=1S/C27H30Cl2N8O2/c1-15(2)21-13-31-36(35-21)14-18-12-22(37(34-18)24-20(29)8-7-9-30-24)26(39)32-23-16(3)10-17(28)11-19(23)25(38)33-27(4,5)6/h7-13,15H,14H2,1-6H3,(H,32,39)(H,33,38). The summed E-state index contributed by atoms with van der Waals surface area (Å²) < 4.78 is 1.38. The van der Waals surface area contributed by atoms with Crippen LogP contribution in [0.5, 0.6) is 0 Å². The predicted octanol–water partition coefficient (Wildman–Crippen LogP) is 5.43. The number of hydrogen-bond acceptors (Lipinski definition) is 6. The monoisotopic (exact) mass is 568 g/mol. The number of halogens is 2. The van der Waals surface area contributed by atoms with Gasteiger partial charge in [-0.25, -0.2) is 9.67 Å². The number of carbonyl (C=O) groups excluding carboxylic acids is 2. The summed E-state index contributed by atoms with van der Waals surface area (Å²) in [6.45, 7) is 11.7. The van der Waals surface area contributed by atoms with Crippen molar-refractivity contribution < 1.29 is 9.59 Å². The quantitative estimate of drug-likeness (QED) is 0.307. The van der Waals surface area contributed by atoms with Crippen LogP contribution in [0.4, 0.5) is 5.69 Å². The Kier molecular flexibility index (Phi) is 8.08. The van der Waals surface area contributed by atoms with Crippen molar-refractivity contribution in [3.63, 3.8) is 0 Å². The zero-order chi connectivity index (χ0) is 28.5. The van der Waals surface area contributed by atoms with Gasteiger partial charge in [-0.1, -0.05) is 37.0 Å². The molecule has 0 radical (unpaired) electrons. The SMILES string of the molecule is Cc1cc(Cl)cc(C(=O)NC(C)(C)C)c1NC(=O)c1cc(Cn2ncc(C(C)C)n2)nn1-c1ncccc1Cl. The topological polar surface area (TPSA) is 120 Å². The van der Waals surface area contributed by atoms with Gasteiger partial charge in [0.25, 0.3) is 11.8 Å². The Morgan fingerprint density at radius 3 is 2.46 bits per heavy atom. The Hall–Kier alpha value is -3.76. The molecular weight excluding hydrogens is 539 g/mol. The third-order valence-corrected chi connectivity index (χ3v) is 6.17. The normalized spacial score (nSPS) is 11.6. The molecule has 0 spiro atoms. The van der Waals surface area contributed by atoms with E-state index in [0.29, 0.717) is 27.0 Å². The molecule has 0 aliphatic carbocycles. The van der Waals surface area contributed by atoms with E-state index in [1.807, 2.05) is 34.6 Å². The number of nitrogens with one attached hydrogen (secondary N) is 2. The fraction of sp³-hybridized carbons (Fsp3) is 0.333. The second-order valence-electron chi connectivity index (χ2n) is 10.5. The first-order chi connectivity index (χ1) is 18.3. The summed E-state index contributed by atoms with van der Waals surface area (Å²) in [6, 6.07) is 8.18. The lowest BCUT2D eigenvalue weighted by molar-refractivity contribution is 0.0920. The van der Waals surface area contributed by atoms with Crippen LogP contribution in [0.1, 0.15) is 78.3 Å².